The van der Waals surface area contributed by atoms with Gasteiger partial charge in [0, 0.05) is 17.5 Å². The van der Waals surface area contributed by atoms with E-state index in [0.717, 1.165) is 16.1 Å². The average Bonchev–Trinajstić information content (AvgIpc) is 2.78. The Labute approximate surface area is 181 Å². The molecule has 1 N–H and O–H groups in total. The van der Waals surface area contributed by atoms with E-state index in [0.29, 0.717) is 11.5 Å². The number of para-hydroxylation sites is 2. The van der Waals surface area contributed by atoms with Gasteiger partial charge in [-0.25, -0.2) is 0 Å². The molecule has 3 aromatic rings. The maximum Gasteiger partial charge on any atom is 0.302 e. The van der Waals surface area contributed by atoms with Crippen LogP contribution in [0, 0.1) is 0 Å². The van der Waals surface area contributed by atoms with Crippen LogP contribution in [0.3, 0.4) is 0 Å². The predicted molar refractivity (Wildman–Crippen MR) is 118 cm³/mol. The van der Waals surface area contributed by atoms with E-state index in [4.69, 9.17) is 21.1 Å². The number of esters is 1. The van der Waals surface area contributed by atoms with Crippen LogP contribution in [0.2, 0.25) is 5.02 Å². The molecule has 0 aliphatic heterocycles. The average molecular weight is 429 g/mol. The number of aliphatic hydroxyl groups excluding tert-OH is 1. The molecule has 158 valence electrons. The lowest BCUT2D eigenvalue weighted by Gasteiger charge is -2.13. The van der Waals surface area contributed by atoms with Gasteiger partial charge in [-0.3, -0.25) is 4.79 Å². The Morgan fingerprint density at radius 1 is 0.900 bits per heavy atom. The molecule has 0 saturated heterocycles. The van der Waals surface area contributed by atoms with Gasteiger partial charge in [0.25, 0.3) is 0 Å². The van der Waals surface area contributed by atoms with Gasteiger partial charge in [0.2, 0.25) is 0 Å². The van der Waals surface area contributed by atoms with E-state index in [1.165, 1.54) is 14.0 Å². The first-order chi connectivity index (χ1) is 14.5. The molecule has 0 radical (unpaired) electrons. The molecule has 3 aromatic carbocycles. The first-order valence-electron chi connectivity index (χ1n) is 9.38. The van der Waals surface area contributed by atoms with Crippen LogP contribution in [-0.2, 0) is 9.53 Å². The van der Waals surface area contributed by atoms with Crippen LogP contribution in [-0.4, -0.2) is 37.5 Å². The second-order valence-electron chi connectivity index (χ2n) is 6.26. The minimum atomic E-state index is -0.858. The van der Waals surface area contributed by atoms with Gasteiger partial charge >= 0.3 is 5.97 Å². The lowest BCUT2D eigenvalue weighted by atomic mass is 10.1. The van der Waals surface area contributed by atoms with Crippen molar-refractivity contribution in [3.8, 4) is 22.6 Å². The zero-order valence-electron chi connectivity index (χ0n) is 17.0. The van der Waals surface area contributed by atoms with Crippen LogP contribution in [0.15, 0.2) is 78.9 Å². The molecule has 0 heterocycles. The number of benzene rings is 3. The van der Waals surface area contributed by atoms with E-state index in [1.807, 2.05) is 48.5 Å². The molecule has 3 rings (SSSR count). The van der Waals surface area contributed by atoms with Gasteiger partial charge in [0.15, 0.2) is 11.5 Å². The smallest absolute Gasteiger partial charge is 0.302 e. The third kappa shape index (κ3) is 7.78. The van der Waals surface area contributed by atoms with E-state index < -0.39 is 12.1 Å². The van der Waals surface area contributed by atoms with Gasteiger partial charge in [-0.05, 0) is 23.8 Å². The first kappa shape index (κ1) is 23.3. The quantitative estimate of drug-likeness (QED) is 0.536. The Balaban J connectivity index is 0.000000220. The molecule has 1 unspecified atom stereocenters. The molecule has 0 saturated carbocycles. The summed E-state index contributed by atoms with van der Waals surface area (Å²) in [6.07, 6.45) is -0.858. The lowest BCUT2D eigenvalue weighted by molar-refractivity contribution is -0.144. The Morgan fingerprint density at radius 2 is 1.50 bits per heavy atom. The molecule has 30 heavy (non-hydrogen) atoms. The van der Waals surface area contributed by atoms with E-state index in [2.05, 4.69) is 16.9 Å². The fourth-order valence-corrected chi connectivity index (χ4v) is 2.74. The minimum absolute atomic E-state index is 0.0354. The molecule has 1 atom stereocenters. The second-order valence-corrected chi connectivity index (χ2v) is 6.67. The standard InChI is InChI=1S/C12H9Cl.C12H16O5/c13-12-9-5-4-8-11(12)10-6-2-1-3-7-10;1-9(13)16-7-10(14)8-17-12-6-4-3-5-11(12)15-2/h1-9H;3-6,10,14H,7-8H2,1-2H3. The second kappa shape index (κ2) is 12.5. The molecular weight excluding hydrogens is 404 g/mol. The molecule has 0 spiro atoms. The highest BCUT2D eigenvalue weighted by atomic mass is 35.5. The largest absolute Gasteiger partial charge is 0.493 e. The summed E-state index contributed by atoms with van der Waals surface area (Å²) < 4.78 is 15.1. The van der Waals surface area contributed by atoms with Crippen LogP contribution >= 0.6 is 11.6 Å². The van der Waals surface area contributed by atoms with Crippen LogP contribution < -0.4 is 9.47 Å². The van der Waals surface area contributed by atoms with E-state index in [9.17, 15) is 9.90 Å². The molecule has 6 heteroatoms. The number of carbonyl (C=O) groups is 1. The molecule has 0 bridgehead atoms. The van der Waals surface area contributed by atoms with Crippen molar-refractivity contribution in [2.45, 2.75) is 13.0 Å². The number of ether oxygens (including phenoxy) is 3. The molecule has 5 nitrogen and oxygen atoms in total. The zero-order valence-corrected chi connectivity index (χ0v) is 17.7. The van der Waals surface area contributed by atoms with E-state index in [1.54, 1.807) is 18.2 Å². The van der Waals surface area contributed by atoms with E-state index in [-0.39, 0.29) is 13.2 Å². The van der Waals surface area contributed by atoms with Crippen molar-refractivity contribution >= 4 is 17.6 Å². The van der Waals surface area contributed by atoms with Crippen LogP contribution in [0.25, 0.3) is 11.1 Å². The molecule has 0 amide bonds. The molecule has 0 aromatic heterocycles. The van der Waals surface area contributed by atoms with Gasteiger partial charge in [0.1, 0.15) is 19.3 Å². The number of methoxy groups -OCH3 is 1. The fraction of sp³-hybridized carbons (Fsp3) is 0.208. The minimum Gasteiger partial charge on any atom is -0.493 e. The third-order valence-corrected chi connectivity index (χ3v) is 4.27. The molecular formula is C24H25ClO5. The highest BCUT2D eigenvalue weighted by molar-refractivity contribution is 6.33. The lowest BCUT2D eigenvalue weighted by Crippen LogP contribution is -2.24. The van der Waals surface area contributed by atoms with Crippen molar-refractivity contribution < 1.29 is 24.1 Å². The van der Waals surface area contributed by atoms with Crippen molar-refractivity contribution in [3.05, 3.63) is 83.9 Å². The van der Waals surface area contributed by atoms with Crippen LogP contribution in [0.1, 0.15) is 6.92 Å². The summed E-state index contributed by atoms with van der Waals surface area (Å²) in [6, 6.07) is 25.1. The van der Waals surface area contributed by atoms with Gasteiger partial charge in [-0.1, -0.05) is 72.3 Å². The number of carbonyl (C=O) groups excluding carboxylic acids is 1. The van der Waals surface area contributed by atoms with Crippen molar-refractivity contribution in [3.63, 3.8) is 0 Å². The van der Waals surface area contributed by atoms with Crippen molar-refractivity contribution in [2.75, 3.05) is 20.3 Å². The topological polar surface area (TPSA) is 65.0 Å². The zero-order chi connectivity index (χ0) is 21.8. The van der Waals surface area contributed by atoms with Crippen molar-refractivity contribution in [1.82, 2.24) is 0 Å². The van der Waals surface area contributed by atoms with E-state index >= 15 is 0 Å². The summed E-state index contributed by atoms with van der Waals surface area (Å²) in [5, 5.41) is 10.3. The number of rotatable bonds is 7. The Morgan fingerprint density at radius 3 is 2.13 bits per heavy atom. The monoisotopic (exact) mass is 428 g/mol. The Bertz CT molecular complexity index is 914. The summed E-state index contributed by atoms with van der Waals surface area (Å²) in [7, 11) is 1.54. The highest BCUT2D eigenvalue weighted by Crippen LogP contribution is 2.27. The van der Waals surface area contributed by atoms with Gasteiger partial charge in [-0.15, -0.1) is 0 Å². The fourth-order valence-electron chi connectivity index (χ4n) is 2.50. The Hall–Kier alpha value is -3.02. The maximum atomic E-state index is 10.5. The first-order valence-corrected chi connectivity index (χ1v) is 9.76. The summed E-state index contributed by atoms with van der Waals surface area (Å²) in [5.74, 6) is 0.699. The number of aliphatic hydroxyl groups is 1. The number of halogens is 1. The van der Waals surface area contributed by atoms with Gasteiger partial charge in [0.05, 0.1) is 7.11 Å². The molecule has 0 fully saturated rings. The molecule has 0 aliphatic carbocycles. The number of hydrogen-bond acceptors (Lipinski definition) is 5. The third-order valence-electron chi connectivity index (χ3n) is 3.94. The van der Waals surface area contributed by atoms with Crippen LogP contribution in [0.4, 0.5) is 0 Å². The molecule has 0 aliphatic rings. The summed E-state index contributed by atoms with van der Waals surface area (Å²) in [4.78, 5) is 10.5. The summed E-state index contributed by atoms with van der Waals surface area (Å²) in [5.41, 5.74) is 2.25. The summed E-state index contributed by atoms with van der Waals surface area (Å²) >= 11 is 6.06. The van der Waals surface area contributed by atoms with Crippen LogP contribution in [0.5, 0.6) is 11.5 Å². The normalized spacial score (nSPS) is 10.9. The van der Waals surface area contributed by atoms with Gasteiger partial charge < -0.3 is 19.3 Å². The Kier molecular flexibility index (Phi) is 9.71. The summed E-state index contributed by atoms with van der Waals surface area (Å²) in [6.45, 7) is 1.24. The highest BCUT2D eigenvalue weighted by Gasteiger charge is 2.09. The van der Waals surface area contributed by atoms with Crippen molar-refractivity contribution in [1.29, 1.82) is 0 Å². The van der Waals surface area contributed by atoms with Gasteiger partial charge in [-0.2, -0.15) is 0 Å². The SMILES string of the molecule is COc1ccccc1OCC(O)COC(C)=O.Clc1ccccc1-c1ccccc1. The maximum absolute atomic E-state index is 10.5. The number of hydrogen-bond donors (Lipinski definition) is 1. The predicted octanol–water partition coefficient (Wildman–Crippen LogP) is 5.01. The van der Waals surface area contributed by atoms with Crippen molar-refractivity contribution in [2.24, 2.45) is 0 Å².